The van der Waals surface area contributed by atoms with Crippen LogP contribution in [-0.4, -0.2) is 227 Å². The number of ether oxygens (including phenoxy) is 23. The summed E-state index contributed by atoms with van der Waals surface area (Å²) < 4.78 is 153. The quantitative estimate of drug-likeness (QED) is 0.0267. The van der Waals surface area contributed by atoms with Crippen molar-refractivity contribution in [2.45, 2.75) is 209 Å². The molecule has 5 aliphatic heterocycles. The Morgan fingerprint density at radius 3 is 0.970 bits per heavy atom. The lowest BCUT2D eigenvalue weighted by atomic mass is 9.95. The van der Waals surface area contributed by atoms with Gasteiger partial charge in [-0.15, -0.1) is 0 Å². The Balaban J connectivity index is 0.937. The molecular weight excluding hydrogens is 1730 g/mol. The van der Waals surface area contributed by atoms with Crippen LogP contribution >= 0.6 is 0 Å². The minimum Gasteiger partial charge on any atom is -0.497 e. The van der Waals surface area contributed by atoms with Crippen LogP contribution in [0.25, 0.3) is 0 Å². The van der Waals surface area contributed by atoms with E-state index in [1.54, 1.807) is 128 Å². The highest BCUT2D eigenvalue weighted by atomic mass is 16.8. The van der Waals surface area contributed by atoms with E-state index in [4.69, 9.17) is 109 Å². The highest BCUT2D eigenvalue weighted by Gasteiger charge is 2.62. The second-order valence-corrected chi connectivity index (χ2v) is 31.6. The lowest BCUT2D eigenvalue weighted by Gasteiger charge is -2.51. The van der Waals surface area contributed by atoms with E-state index in [2.05, 4.69) is 0 Å². The highest BCUT2D eigenvalue weighted by Crippen LogP contribution is 2.43. The van der Waals surface area contributed by atoms with Crippen molar-refractivity contribution < 1.29 is 157 Å². The van der Waals surface area contributed by atoms with Crippen LogP contribution in [0.15, 0.2) is 267 Å². The molecule has 33 heteroatoms. The number of esters is 10. The van der Waals surface area contributed by atoms with E-state index in [1.807, 2.05) is 60.7 Å². The fourth-order valence-electron chi connectivity index (χ4n) is 15.8. The van der Waals surface area contributed by atoms with Crippen LogP contribution < -0.4 is 9.47 Å². The smallest absolute Gasteiger partial charge is 0.338 e. The second kappa shape index (κ2) is 45.8. The molecule has 0 aliphatic carbocycles. The van der Waals surface area contributed by atoms with E-state index in [0.717, 1.165) is 27.7 Å². The molecule has 9 aromatic rings. The Kier molecular flexibility index (Phi) is 33.0. The zero-order valence-corrected chi connectivity index (χ0v) is 73.6. The number of benzene rings is 9. The van der Waals surface area contributed by atoms with Crippen LogP contribution in [0, 0.1) is 0 Å². The van der Waals surface area contributed by atoms with Gasteiger partial charge in [-0.2, -0.15) is 0 Å². The van der Waals surface area contributed by atoms with E-state index in [-0.39, 0.29) is 52.3 Å². The summed E-state index contributed by atoms with van der Waals surface area (Å²) in [5.74, 6) is -9.35. The predicted octanol–water partition coefficient (Wildman–Crippen LogP) is 11.8. The summed E-state index contributed by atoms with van der Waals surface area (Å²) >= 11 is 0. The maximum atomic E-state index is 15.2. The SMILES string of the molecule is COc1ccc(O[C@H]2O[C@H](C)[C@@H](OCc3ccccc3)[C@H](O[C@@H]3OC[C@@H](O[C@@H]4O[C@H](COC(C)=O)[C@H](OC(C)=O)[C@H](OC(C)=O)[C@H]4O[C@@H]4O[C@H](C)[C@H](OC(=O)c5ccccc5)[C@H](OC(=O)c5ccccc5)[C@H]4OC(=O)c4ccccc4)[C@H](OC(C)=O)[C@H]3O[C@@H]3O[C@H](C)[C@@H](OC(=O)c4ccccc4)[C@H](OC(=O)c4ccccc4)[C@H]3OC(=O)c3ccccc3)[C@H]2OCc2ccccc2)cc1. The van der Waals surface area contributed by atoms with E-state index >= 15 is 4.79 Å². The molecule has 5 aliphatic rings. The van der Waals surface area contributed by atoms with E-state index in [1.165, 1.54) is 106 Å². The molecule has 9 aromatic carbocycles. The first kappa shape index (κ1) is 95.9. The predicted molar refractivity (Wildman–Crippen MR) is 462 cm³/mol. The van der Waals surface area contributed by atoms with Crippen molar-refractivity contribution in [1.29, 1.82) is 0 Å². The van der Waals surface area contributed by atoms with E-state index < -0.39 is 220 Å². The molecule has 0 bridgehead atoms. The van der Waals surface area contributed by atoms with Gasteiger partial charge in [0.15, 0.2) is 92.3 Å². The van der Waals surface area contributed by atoms with Crippen molar-refractivity contribution in [3.63, 3.8) is 0 Å². The van der Waals surface area contributed by atoms with Gasteiger partial charge in [-0.1, -0.05) is 170 Å². The minimum atomic E-state index is -2.23. The molecule has 5 heterocycles. The van der Waals surface area contributed by atoms with Crippen molar-refractivity contribution >= 4 is 59.7 Å². The zero-order valence-electron chi connectivity index (χ0n) is 73.6. The summed E-state index contributed by atoms with van der Waals surface area (Å²) in [5, 5.41) is 0. The molecule has 0 spiro atoms. The Labute approximate surface area is 765 Å². The van der Waals surface area contributed by atoms with Gasteiger partial charge >= 0.3 is 59.7 Å². The van der Waals surface area contributed by atoms with Gasteiger partial charge in [-0.05, 0) is 129 Å². The molecule has 24 atom stereocenters. The molecule has 0 aromatic heterocycles. The number of carbonyl (C=O) groups is 10. The third kappa shape index (κ3) is 25.0. The molecule has 133 heavy (non-hydrogen) atoms. The number of hydrogen-bond donors (Lipinski definition) is 0. The van der Waals surface area contributed by atoms with Crippen LogP contribution in [-0.2, 0) is 132 Å². The fraction of sp³-hybridized carbons (Fsp3) is 0.360. The van der Waals surface area contributed by atoms with Crippen LogP contribution in [0.5, 0.6) is 11.5 Å². The average molecular weight is 1830 g/mol. The summed E-state index contributed by atoms with van der Waals surface area (Å²) in [6.45, 7) is 6.89. The molecule has 0 unspecified atom stereocenters. The molecule has 0 amide bonds. The normalized spacial score (nSPS) is 27.8. The van der Waals surface area contributed by atoms with Gasteiger partial charge in [-0.25, -0.2) is 28.8 Å². The Morgan fingerprint density at radius 1 is 0.278 bits per heavy atom. The van der Waals surface area contributed by atoms with Crippen molar-refractivity contribution in [1.82, 2.24) is 0 Å². The monoisotopic (exact) mass is 1830 g/mol. The molecular formula is C100H100O33. The minimum absolute atomic E-state index is 0.0111. The third-order valence-corrected chi connectivity index (χ3v) is 22.1. The molecule has 14 rings (SSSR count). The Hall–Kier alpha value is -13.2. The number of hydrogen-bond acceptors (Lipinski definition) is 33. The first-order valence-electron chi connectivity index (χ1n) is 43.1. The molecule has 5 fully saturated rings. The molecule has 0 N–H and O–H groups in total. The first-order chi connectivity index (χ1) is 64.4. The van der Waals surface area contributed by atoms with Gasteiger partial charge in [0.25, 0.3) is 0 Å². The van der Waals surface area contributed by atoms with Crippen molar-refractivity contribution in [3.05, 3.63) is 311 Å². The van der Waals surface area contributed by atoms with Gasteiger partial charge in [0.1, 0.15) is 48.6 Å². The van der Waals surface area contributed by atoms with Crippen LogP contribution in [0.2, 0.25) is 0 Å². The molecule has 33 nitrogen and oxygen atoms in total. The lowest BCUT2D eigenvalue weighted by Crippen LogP contribution is -2.69. The molecule has 0 saturated carbocycles. The molecule has 698 valence electrons. The standard InChI is InChI=1S/C100H100O33/c1-57-76(113-53-64-33-17-9-18-34-64)81(85(114-54-65-35-19-10-20-36-65)97(116-57)122-73-51-49-72(111-8)50-52-73)131-96-86(132-98-87(129-94(109)70-45-29-15-30-46-70)82(127-92(107)68-41-25-13-26-42-68)77(58(2)117-98)125-90(105)66-37-21-11-22-38-66)80(120-62(6)103)75(56-115-96)124-100-89(84(121-63(7)104)79(119-61(5)102)74(123-100)55-112-60(4)101)133-99-88(130-95(110)71-47-31-16-32-48-71)83(128-93(108)69-43-27-14-28-44-69)78(59(3)118-99)126-91(106)67-39-23-12-24-40-67/h9-52,57-59,74-89,96-100H,53-56H2,1-8H3/t57-,58-,59-,74-,75-,76-,77-,78+,79+,80+,81+,82+,83+,84+,85-,86-,87-,88-,89-,96+,97-,98+,99+,100+/m1/s1. The summed E-state index contributed by atoms with van der Waals surface area (Å²) in [6, 6.07) is 71.0. The summed E-state index contributed by atoms with van der Waals surface area (Å²) in [4.78, 5) is 145. The van der Waals surface area contributed by atoms with E-state index in [0.29, 0.717) is 16.9 Å². The lowest BCUT2D eigenvalue weighted by molar-refractivity contribution is -0.397. The van der Waals surface area contributed by atoms with Gasteiger partial charge < -0.3 is 109 Å². The van der Waals surface area contributed by atoms with Crippen molar-refractivity contribution in [2.24, 2.45) is 0 Å². The fourth-order valence-corrected chi connectivity index (χ4v) is 15.8. The van der Waals surface area contributed by atoms with Gasteiger partial charge in [-0.3, -0.25) is 19.2 Å². The van der Waals surface area contributed by atoms with Crippen LogP contribution in [0.4, 0.5) is 0 Å². The summed E-state index contributed by atoms with van der Waals surface area (Å²) in [5.41, 5.74) is 1.32. The van der Waals surface area contributed by atoms with Gasteiger partial charge in [0.2, 0.25) is 6.29 Å². The number of rotatable bonds is 34. The Bertz CT molecular complexity index is 5340. The first-order valence-corrected chi connectivity index (χ1v) is 43.1. The van der Waals surface area contributed by atoms with Crippen LogP contribution in [0.1, 0.15) is 122 Å². The van der Waals surface area contributed by atoms with Crippen molar-refractivity contribution in [2.75, 3.05) is 20.3 Å². The second-order valence-electron chi connectivity index (χ2n) is 31.6. The number of carbonyl (C=O) groups excluding carboxylic acids is 10. The maximum Gasteiger partial charge on any atom is 0.338 e. The summed E-state index contributed by atoms with van der Waals surface area (Å²) in [6.07, 6.45) is -43.1. The largest absolute Gasteiger partial charge is 0.497 e. The van der Waals surface area contributed by atoms with E-state index in [9.17, 15) is 43.2 Å². The Morgan fingerprint density at radius 2 is 0.586 bits per heavy atom. The summed E-state index contributed by atoms with van der Waals surface area (Å²) in [7, 11) is 1.50. The van der Waals surface area contributed by atoms with Gasteiger partial charge in [0, 0.05) is 27.7 Å². The number of methoxy groups -OCH3 is 1. The topological polar surface area (TPSA) is 383 Å². The highest BCUT2D eigenvalue weighted by molar-refractivity contribution is 5.93. The average Bonchev–Trinajstić information content (AvgIpc) is 0.753. The molecule has 5 saturated heterocycles. The van der Waals surface area contributed by atoms with Crippen LogP contribution in [0.3, 0.4) is 0 Å². The van der Waals surface area contributed by atoms with Gasteiger partial charge in [0.05, 0.1) is 78.6 Å². The van der Waals surface area contributed by atoms with Crippen molar-refractivity contribution in [3.8, 4) is 11.5 Å². The third-order valence-electron chi connectivity index (χ3n) is 22.1. The molecule has 0 radical (unpaired) electrons. The maximum absolute atomic E-state index is 15.2. The zero-order chi connectivity index (χ0) is 93.6.